The fourth-order valence-corrected chi connectivity index (χ4v) is 2.72. The molecule has 2 rings (SSSR count). The summed E-state index contributed by atoms with van der Waals surface area (Å²) in [5, 5.41) is 0. The van der Waals surface area contributed by atoms with Crippen LogP contribution in [0.4, 0.5) is 5.69 Å². The predicted octanol–water partition coefficient (Wildman–Crippen LogP) is 3.33. The minimum absolute atomic E-state index is 0.0515. The molecule has 1 fully saturated rings. The zero-order valence-corrected chi connectivity index (χ0v) is 13.3. The van der Waals surface area contributed by atoms with Crippen molar-refractivity contribution < 1.29 is 4.74 Å². The lowest BCUT2D eigenvalue weighted by Gasteiger charge is -2.21. The van der Waals surface area contributed by atoms with Crippen LogP contribution >= 0.6 is 15.9 Å². The van der Waals surface area contributed by atoms with Gasteiger partial charge in [-0.25, -0.2) is 0 Å². The molecule has 0 heterocycles. The number of benzene rings is 1. The molecule has 1 atom stereocenters. The molecule has 1 aliphatic rings. The Morgan fingerprint density at radius 2 is 2.21 bits per heavy atom. The third kappa shape index (κ3) is 4.48. The van der Waals surface area contributed by atoms with Gasteiger partial charge in [0.2, 0.25) is 0 Å². The van der Waals surface area contributed by atoms with Crippen LogP contribution in [-0.2, 0) is 4.74 Å². The molecule has 2 N–H and O–H groups in total. The highest BCUT2D eigenvalue weighted by Gasteiger charge is 2.21. The van der Waals surface area contributed by atoms with Gasteiger partial charge >= 0.3 is 0 Å². The van der Waals surface area contributed by atoms with Crippen molar-refractivity contribution in [2.45, 2.75) is 25.8 Å². The highest BCUT2D eigenvalue weighted by Crippen LogP contribution is 2.29. The molecule has 0 spiro atoms. The van der Waals surface area contributed by atoms with Crippen molar-refractivity contribution >= 4 is 21.6 Å². The minimum atomic E-state index is 0.0515. The maximum atomic E-state index is 5.91. The Morgan fingerprint density at radius 1 is 1.47 bits per heavy atom. The van der Waals surface area contributed by atoms with E-state index in [1.54, 1.807) is 0 Å². The van der Waals surface area contributed by atoms with Gasteiger partial charge in [0.15, 0.2) is 0 Å². The molecule has 0 radical (unpaired) electrons. The molecular weight excluding hydrogens is 304 g/mol. The summed E-state index contributed by atoms with van der Waals surface area (Å²) in [6, 6.07) is 6.38. The van der Waals surface area contributed by atoms with Crippen LogP contribution < -0.4 is 10.6 Å². The Labute approximate surface area is 124 Å². The number of hydrogen-bond acceptors (Lipinski definition) is 3. The Kier molecular flexibility index (Phi) is 5.25. The van der Waals surface area contributed by atoms with Gasteiger partial charge in [-0.15, -0.1) is 0 Å². The summed E-state index contributed by atoms with van der Waals surface area (Å²) in [7, 11) is 2.09. The van der Waals surface area contributed by atoms with Gasteiger partial charge < -0.3 is 15.4 Å². The van der Waals surface area contributed by atoms with E-state index in [2.05, 4.69) is 46.1 Å². The van der Waals surface area contributed by atoms with Gasteiger partial charge in [0.1, 0.15) is 0 Å². The Hall–Kier alpha value is -0.580. The van der Waals surface area contributed by atoms with Gasteiger partial charge in [0.05, 0.1) is 6.61 Å². The number of hydrogen-bond donors (Lipinski definition) is 1. The lowest BCUT2D eigenvalue weighted by molar-refractivity contribution is 0.131. The van der Waals surface area contributed by atoms with Gasteiger partial charge in [-0.3, -0.25) is 0 Å². The summed E-state index contributed by atoms with van der Waals surface area (Å²) in [6.45, 7) is 4.63. The van der Waals surface area contributed by atoms with Crippen LogP contribution in [0.2, 0.25) is 0 Å². The standard InChI is InChI=1S/C15H23BrN2O/c1-11(17)14-6-5-13(9-15(14)16)18(2)7-8-19-10-12-3-4-12/h5-6,9,11-12H,3-4,7-8,10,17H2,1-2H3/t11-/m0/s1. The van der Waals surface area contributed by atoms with E-state index in [4.69, 9.17) is 10.5 Å². The van der Waals surface area contributed by atoms with Crippen LogP contribution in [0.15, 0.2) is 22.7 Å². The predicted molar refractivity (Wildman–Crippen MR) is 83.6 cm³/mol. The molecule has 0 amide bonds. The second kappa shape index (κ2) is 6.73. The van der Waals surface area contributed by atoms with E-state index in [-0.39, 0.29) is 6.04 Å². The first-order valence-corrected chi connectivity index (χ1v) is 7.71. The third-order valence-electron chi connectivity index (χ3n) is 3.54. The van der Waals surface area contributed by atoms with E-state index in [1.165, 1.54) is 18.5 Å². The van der Waals surface area contributed by atoms with Gasteiger partial charge in [0, 0.05) is 36.4 Å². The number of halogens is 1. The number of rotatable bonds is 7. The summed E-state index contributed by atoms with van der Waals surface area (Å²) in [5.41, 5.74) is 8.24. The van der Waals surface area contributed by atoms with Crippen LogP contribution in [0.5, 0.6) is 0 Å². The summed E-state index contributed by atoms with van der Waals surface area (Å²) < 4.78 is 6.74. The Bertz CT molecular complexity index is 419. The zero-order valence-electron chi connectivity index (χ0n) is 11.7. The second-order valence-corrected chi connectivity index (χ2v) is 6.29. The van der Waals surface area contributed by atoms with Gasteiger partial charge in [-0.2, -0.15) is 0 Å². The first-order chi connectivity index (χ1) is 9.08. The highest BCUT2D eigenvalue weighted by atomic mass is 79.9. The quantitative estimate of drug-likeness (QED) is 0.781. The van der Waals surface area contributed by atoms with E-state index in [9.17, 15) is 0 Å². The number of anilines is 1. The van der Waals surface area contributed by atoms with Crippen molar-refractivity contribution in [2.24, 2.45) is 11.7 Å². The van der Waals surface area contributed by atoms with E-state index in [0.29, 0.717) is 0 Å². The Balaban J connectivity index is 1.83. The molecule has 1 aromatic rings. The fourth-order valence-electron chi connectivity index (χ4n) is 1.99. The van der Waals surface area contributed by atoms with Crippen molar-refractivity contribution in [3.63, 3.8) is 0 Å². The lowest BCUT2D eigenvalue weighted by atomic mass is 10.1. The van der Waals surface area contributed by atoms with Crippen molar-refractivity contribution in [1.82, 2.24) is 0 Å². The molecule has 1 aromatic carbocycles. The molecule has 0 aliphatic heterocycles. The second-order valence-electron chi connectivity index (χ2n) is 5.43. The van der Waals surface area contributed by atoms with E-state index < -0.39 is 0 Å². The molecule has 0 bridgehead atoms. The summed E-state index contributed by atoms with van der Waals surface area (Å²) in [5.74, 6) is 0.838. The largest absolute Gasteiger partial charge is 0.379 e. The first-order valence-electron chi connectivity index (χ1n) is 6.92. The summed E-state index contributed by atoms with van der Waals surface area (Å²) >= 11 is 3.59. The number of ether oxygens (including phenoxy) is 1. The van der Waals surface area contributed by atoms with Crippen molar-refractivity contribution in [3.05, 3.63) is 28.2 Å². The normalized spacial score (nSPS) is 16.4. The van der Waals surface area contributed by atoms with Crippen LogP contribution in [0.3, 0.4) is 0 Å². The molecule has 1 saturated carbocycles. The van der Waals surface area contributed by atoms with Gasteiger partial charge in [0.25, 0.3) is 0 Å². The fraction of sp³-hybridized carbons (Fsp3) is 0.600. The van der Waals surface area contributed by atoms with Crippen LogP contribution in [0.25, 0.3) is 0 Å². The average Bonchev–Trinajstić information content (AvgIpc) is 3.17. The Morgan fingerprint density at radius 3 is 2.79 bits per heavy atom. The van der Waals surface area contributed by atoms with E-state index in [0.717, 1.165) is 35.7 Å². The molecule has 0 unspecified atom stereocenters. The lowest BCUT2D eigenvalue weighted by Crippen LogP contribution is -2.23. The van der Waals surface area contributed by atoms with Crippen LogP contribution in [0.1, 0.15) is 31.4 Å². The van der Waals surface area contributed by atoms with Gasteiger partial charge in [-0.1, -0.05) is 22.0 Å². The SMILES string of the molecule is C[C@H](N)c1ccc(N(C)CCOCC2CC2)cc1Br. The van der Waals surface area contributed by atoms with Crippen molar-refractivity contribution in [1.29, 1.82) is 0 Å². The number of nitrogens with two attached hydrogens (primary N) is 1. The van der Waals surface area contributed by atoms with Crippen LogP contribution in [-0.4, -0.2) is 26.8 Å². The molecule has 4 heteroatoms. The number of nitrogens with zero attached hydrogens (tertiary/aromatic N) is 1. The molecule has 106 valence electrons. The van der Waals surface area contributed by atoms with E-state index >= 15 is 0 Å². The molecule has 1 aliphatic carbocycles. The maximum Gasteiger partial charge on any atom is 0.0641 e. The maximum absolute atomic E-state index is 5.91. The van der Waals surface area contributed by atoms with Crippen molar-refractivity contribution in [2.75, 3.05) is 31.7 Å². The monoisotopic (exact) mass is 326 g/mol. The summed E-state index contributed by atoms with van der Waals surface area (Å²) in [6.07, 6.45) is 2.70. The smallest absolute Gasteiger partial charge is 0.0641 e. The van der Waals surface area contributed by atoms with E-state index in [1.807, 2.05) is 6.92 Å². The molecule has 0 aromatic heterocycles. The number of likely N-dealkylation sites (N-methyl/N-ethyl adjacent to an activating group) is 1. The molecular formula is C15H23BrN2O. The van der Waals surface area contributed by atoms with Crippen LogP contribution in [0, 0.1) is 5.92 Å². The highest BCUT2D eigenvalue weighted by molar-refractivity contribution is 9.10. The third-order valence-corrected chi connectivity index (χ3v) is 4.22. The minimum Gasteiger partial charge on any atom is -0.379 e. The zero-order chi connectivity index (χ0) is 13.8. The van der Waals surface area contributed by atoms with Gasteiger partial charge in [-0.05, 0) is 43.4 Å². The summed E-state index contributed by atoms with van der Waals surface area (Å²) in [4.78, 5) is 2.21. The topological polar surface area (TPSA) is 38.5 Å². The van der Waals surface area contributed by atoms with Crippen molar-refractivity contribution in [3.8, 4) is 0 Å². The average molecular weight is 327 g/mol. The molecule has 3 nitrogen and oxygen atoms in total. The molecule has 19 heavy (non-hydrogen) atoms. The first kappa shape index (κ1) is 14.8. The molecule has 0 saturated heterocycles.